The minimum atomic E-state index is -0.873. The highest BCUT2D eigenvalue weighted by Crippen LogP contribution is 2.37. The van der Waals surface area contributed by atoms with Crippen molar-refractivity contribution in [2.45, 2.75) is 53.4 Å². The largest absolute Gasteiger partial charge is 0.481 e. The van der Waals surface area contributed by atoms with Crippen LogP contribution in [0.15, 0.2) is 36.4 Å². The van der Waals surface area contributed by atoms with Gasteiger partial charge in [-0.2, -0.15) is 0 Å². The SMILES string of the molecule is CC1=C(CCC(=O)O)c2cc3nc(cc4[nH]c(cc4C)cc4[nH]c(cc1n2)cc4C)C(C)=C3CCC(=O)O.O=C(CO)NCO.O=C(CO)NCO. The van der Waals surface area contributed by atoms with E-state index in [0.717, 1.165) is 66.9 Å². The van der Waals surface area contributed by atoms with Gasteiger partial charge in [-0.15, -0.1) is 0 Å². The monoisotopic (exact) mass is 720 g/mol. The number of aliphatic hydroxyl groups excluding tert-OH is 4. The predicted molar refractivity (Wildman–Crippen MR) is 194 cm³/mol. The number of H-pyrrole nitrogens is 2. The van der Waals surface area contributed by atoms with Gasteiger partial charge in [-0.05, 0) is 110 Å². The van der Waals surface area contributed by atoms with Gasteiger partial charge in [-0.1, -0.05) is 0 Å². The average molecular weight is 721 g/mol. The molecule has 2 aliphatic rings. The third-order valence-electron chi connectivity index (χ3n) is 8.09. The molecule has 0 saturated heterocycles. The van der Waals surface area contributed by atoms with Crippen LogP contribution in [0.3, 0.4) is 0 Å². The molecule has 3 aromatic heterocycles. The second kappa shape index (κ2) is 19.1. The average Bonchev–Trinajstić information content (AvgIpc) is 3.79. The van der Waals surface area contributed by atoms with Crippen molar-refractivity contribution < 1.29 is 49.8 Å². The van der Waals surface area contributed by atoms with Crippen molar-refractivity contribution in [2.75, 3.05) is 26.7 Å². The van der Waals surface area contributed by atoms with Gasteiger partial charge in [0.05, 0.1) is 22.8 Å². The third kappa shape index (κ3) is 11.2. The molecule has 0 aliphatic carbocycles. The number of hydrogen-bond acceptors (Lipinski definition) is 10. The van der Waals surface area contributed by atoms with Crippen molar-refractivity contribution in [3.8, 4) is 0 Å². The third-order valence-corrected chi connectivity index (χ3v) is 8.09. The fourth-order valence-corrected chi connectivity index (χ4v) is 5.39. The second-order valence-corrected chi connectivity index (χ2v) is 11.8. The highest BCUT2D eigenvalue weighted by Gasteiger charge is 2.22. The normalized spacial score (nSPS) is 12.0. The summed E-state index contributed by atoms with van der Waals surface area (Å²) in [5, 5.41) is 54.4. The lowest BCUT2D eigenvalue weighted by molar-refractivity contribution is -0.137. The van der Waals surface area contributed by atoms with E-state index in [9.17, 15) is 29.4 Å². The van der Waals surface area contributed by atoms with E-state index in [-0.39, 0.29) is 12.8 Å². The number of nitrogens with one attached hydrogen (secondary N) is 4. The van der Waals surface area contributed by atoms with Crippen molar-refractivity contribution >= 4 is 68.1 Å². The molecule has 278 valence electrons. The zero-order valence-corrected chi connectivity index (χ0v) is 29.3. The molecule has 0 spiro atoms. The maximum atomic E-state index is 11.4. The lowest BCUT2D eigenvalue weighted by atomic mass is 9.98. The van der Waals surface area contributed by atoms with E-state index in [0.29, 0.717) is 24.2 Å². The Balaban J connectivity index is 0.000000441. The number of carbonyl (C=O) groups is 4. The van der Waals surface area contributed by atoms with Crippen molar-refractivity contribution in [3.63, 3.8) is 0 Å². The summed E-state index contributed by atoms with van der Waals surface area (Å²) in [6, 6.07) is 12.1. The summed E-state index contributed by atoms with van der Waals surface area (Å²) >= 11 is 0. The molecule has 0 aromatic carbocycles. The van der Waals surface area contributed by atoms with Crippen LogP contribution in [0.4, 0.5) is 0 Å². The van der Waals surface area contributed by atoms with Crippen LogP contribution in [0, 0.1) is 13.8 Å². The lowest BCUT2D eigenvalue weighted by Gasteiger charge is -2.05. The summed E-state index contributed by atoms with van der Waals surface area (Å²) in [4.78, 5) is 59.4. The van der Waals surface area contributed by atoms with E-state index in [2.05, 4.69) is 35.1 Å². The number of carboxylic acids is 2. The first-order valence-corrected chi connectivity index (χ1v) is 16.2. The summed E-state index contributed by atoms with van der Waals surface area (Å²) in [6.07, 6.45) is 0.647. The molecule has 2 amide bonds. The number of aromatic amines is 2. The Morgan fingerprint density at radius 2 is 0.981 bits per heavy atom. The number of aryl methyl sites for hydroxylation is 2. The van der Waals surface area contributed by atoms with E-state index < -0.39 is 50.4 Å². The molecule has 0 unspecified atom stereocenters. The highest BCUT2D eigenvalue weighted by molar-refractivity contribution is 5.96. The van der Waals surface area contributed by atoms with Gasteiger partial charge in [0.15, 0.2) is 0 Å². The van der Waals surface area contributed by atoms with Crippen LogP contribution in [0.1, 0.15) is 73.4 Å². The Hall–Kier alpha value is -5.68. The number of fused-ring (bicyclic) bond motifs is 8. The minimum absolute atomic E-state index is 0.0138. The Morgan fingerprint density at radius 1 is 0.577 bits per heavy atom. The zero-order chi connectivity index (χ0) is 38.5. The van der Waals surface area contributed by atoms with E-state index in [1.54, 1.807) is 0 Å². The van der Waals surface area contributed by atoms with Crippen LogP contribution >= 0.6 is 0 Å². The number of allylic oxidation sites excluding steroid dienone is 4. The van der Waals surface area contributed by atoms with Crippen molar-refractivity contribution in [3.05, 3.63) is 70.3 Å². The topological polar surface area (TPSA) is 271 Å². The molecule has 8 bridgehead atoms. The summed E-state index contributed by atoms with van der Waals surface area (Å²) < 4.78 is 0. The lowest BCUT2D eigenvalue weighted by Crippen LogP contribution is -2.26. The fourth-order valence-electron chi connectivity index (χ4n) is 5.39. The Kier molecular flexibility index (Phi) is 14.9. The second-order valence-electron chi connectivity index (χ2n) is 11.8. The van der Waals surface area contributed by atoms with Crippen LogP contribution in [0.5, 0.6) is 0 Å². The van der Waals surface area contributed by atoms with Gasteiger partial charge in [0.1, 0.15) is 26.7 Å². The standard InChI is InChI=1S/C30H30N4O4.2C3H7NO3/c1-15-9-20-12-25-17(3)21(5-7-29(35)36)27(33-25)14-28-22(6-8-30(37)38)18(4)26(34-28)13-24-16(2)10-19(32-24)11-23(15)31-20;2*5-1-3(7)4-2-6/h9-14,31-32H,5-8H2,1-4H3,(H,35,36)(H,37,38);2*5-6H,1-2H2,(H,4,7). The first-order chi connectivity index (χ1) is 24.7. The first kappa shape index (κ1) is 40.7. The van der Waals surface area contributed by atoms with Gasteiger partial charge in [0, 0.05) is 34.9 Å². The molecule has 16 nitrogen and oxygen atoms in total. The van der Waals surface area contributed by atoms with Crippen LogP contribution in [-0.4, -0.2) is 101 Å². The molecule has 16 heteroatoms. The number of rotatable bonds is 10. The van der Waals surface area contributed by atoms with Gasteiger partial charge < -0.3 is 51.2 Å². The van der Waals surface area contributed by atoms with Crippen LogP contribution < -0.4 is 10.6 Å². The van der Waals surface area contributed by atoms with Gasteiger partial charge in [-0.3, -0.25) is 19.2 Å². The predicted octanol–water partition coefficient (Wildman–Crippen LogP) is 2.61. The van der Waals surface area contributed by atoms with Crippen LogP contribution in [0.2, 0.25) is 0 Å². The van der Waals surface area contributed by atoms with E-state index in [1.165, 1.54) is 0 Å². The van der Waals surface area contributed by atoms with Crippen LogP contribution in [-0.2, 0) is 19.2 Å². The molecule has 0 saturated carbocycles. The van der Waals surface area contributed by atoms with E-state index in [4.69, 9.17) is 30.4 Å². The number of aromatic nitrogens is 4. The molecule has 52 heavy (non-hydrogen) atoms. The molecule has 3 aromatic rings. The van der Waals surface area contributed by atoms with Crippen molar-refractivity contribution in [2.24, 2.45) is 0 Å². The first-order valence-electron chi connectivity index (χ1n) is 16.2. The molecular formula is C36H44N6O10. The summed E-state index contributed by atoms with van der Waals surface area (Å²) in [5.74, 6) is -2.88. The minimum Gasteiger partial charge on any atom is -0.481 e. The number of aliphatic carboxylic acids is 2. The Morgan fingerprint density at radius 3 is 1.37 bits per heavy atom. The van der Waals surface area contributed by atoms with Gasteiger partial charge in [-0.25, -0.2) is 9.97 Å². The maximum absolute atomic E-state index is 11.4. The smallest absolute Gasteiger partial charge is 0.303 e. The quantitative estimate of drug-likeness (QED) is 0.135. The molecule has 10 N–H and O–H groups in total. The highest BCUT2D eigenvalue weighted by atomic mass is 16.4. The molecule has 2 aliphatic heterocycles. The molecule has 5 rings (SSSR count). The van der Waals surface area contributed by atoms with Crippen molar-refractivity contribution in [1.82, 2.24) is 30.6 Å². The van der Waals surface area contributed by atoms with Gasteiger partial charge >= 0.3 is 11.9 Å². The summed E-state index contributed by atoms with van der Waals surface area (Å²) in [6.45, 7) is 6.04. The Labute approximate surface area is 298 Å². The molecule has 0 radical (unpaired) electrons. The number of amides is 2. The molecule has 0 fully saturated rings. The fraction of sp³-hybridized carbons (Fsp3) is 0.333. The Bertz CT molecular complexity index is 2030. The van der Waals surface area contributed by atoms with Gasteiger partial charge in [0.25, 0.3) is 0 Å². The van der Waals surface area contributed by atoms with E-state index in [1.807, 2.05) is 49.6 Å². The van der Waals surface area contributed by atoms with E-state index >= 15 is 0 Å². The summed E-state index contributed by atoms with van der Waals surface area (Å²) in [7, 11) is 0. The molecular weight excluding hydrogens is 676 g/mol. The number of nitrogens with zero attached hydrogens (tertiary/aromatic N) is 2. The zero-order valence-electron chi connectivity index (χ0n) is 29.3. The number of hydrogen-bond donors (Lipinski definition) is 10. The number of aliphatic hydroxyl groups is 4. The van der Waals surface area contributed by atoms with Gasteiger partial charge in [0.2, 0.25) is 11.8 Å². The number of carbonyl (C=O) groups excluding carboxylic acids is 2. The van der Waals surface area contributed by atoms with Crippen molar-refractivity contribution in [1.29, 1.82) is 0 Å². The molecule has 5 heterocycles. The van der Waals surface area contributed by atoms with Crippen LogP contribution in [0.25, 0.3) is 44.4 Å². The molecule has 0 atom stereocenters. The summed E-state index contributed by atoms with van der Waals surface area (Å²) in [5.41, 5.74) is 12.4. The maximum Gasteiger partial charge on any atom is 0.303 e. The number of carboxylic acid groups (broad SMARTS) is 2.